The summed E-state index contributed by atoms with van der Waals surface area (Å²) in [5, 5.41) is 5.36. The zero-order valence-corrected chi connectivity index (χ0v) is 11.7. The average Bonchev–Trinajstić information content (AvgIpc) is 2.86. The Morgan fingerprint density at radius 2 is 2.44 bits per heavy atom. The summed E-state index contributed by atoms with van der Waals surface area (Å²) in [6.07, 6.45) is 3.47. The number of nitrogens with two attached hydrogens (primary N) is 1. The lowest BCUT2D eigenvalue weighted by molar-refractivity contribution is 0.0168. The van der Waals surface area contributed by atoms with E-state index in [2.05, 4.69) is 10.3 Å². The molecule has 3 N–H and O–H groups in total. The van der Waals surface area contributed by atoms with E-state index in [1.807, 2.05) is 0 Å². The number of aromatic nitrogens is 1. The summed E-state index contributed by atoms with van der Waals surface area (Å²) in [4.78, 5) is 15.9. The Morgan fingerprint density at radius 1 is 1.61 bits per heavy atom. The number of rotatable bonds is 4. The molecule has 1 aliphatic heterocycles. The van der Waals surface area contributed by atoms with Crippen molar-refractivity contribution in [3.05, 3.63) is 16.1 Å². The van der Waals surface area contributed by atoms with Crippen LogP contribution in [0.4, 0.5) is 0 Å². The number of carbonyl (C=O) groups is 1. The van der Waals surface area contributed by atoms with E-state index in [-0.39, 0.29) is 24.4 Å². The zero-order chi connectivity index (χ0) is 12.1. The highest BCUT2D eigenvalue weighted by Gasteiger charge is 2.16. The number of hydrogen-bond acceptors (Lipinski definition) is 5. The summed E-state index contributed by atoms with van der Waals surface area (Å²) in [6, 6.07) is 0. The minimum Gasteiger partial charge on any atom is -0.376 e. The molecule has 2 rings (SSSR count). The van der Waals surface area contributed by atoms with Gasteiger partial charge in [-0.2, -0.15) is 0 Å². The summed E-state index contributed by atoms with van der Waals surface area (Å²) >= 11 is 1.41. The van der Waals surface area contributed by atoms with Gasteiger partial charge < -0.3 is 15.8 Å². The molecule has 1 fully saturated rings. The molecule has 7 heteroatoms. The molecule has 0 saturated carbocycles. The molecule has 0 aromatic carbocycles. The third-order valence-corrected chi connectivity index (χ3v) is 3.59. The van der Waals surface area contributed by atoms with E-state index in [1.165, 1.54) is 17.8 Å². The number of ether oxygens (including phenoxy) is 1. The van der Waals surface area contributed by atoms with Crippen molar-refractivity contribution < 1.29 is 9.53 Å². The van der Waals surface area contributed by atoms with Crippen LogP contribution in [0.5, 0.6) is 0 Å². The number of thiazole rings is 1. The van der Waals surface area contributed by atoms with E-state index >= 15 is 0 Å². The SMILES string of the molecule is Cl.NCc1nc(C(=O)NCC2CCCCO2)cs1. The fourth-order valence-electron chi connectivity index (χ4n) is 1.77. The van der Waals surface area contributed by atoms with Gasteiger partial charge in [-0.25, -0.2) is 4.98 Å². The topological polar surface area (TPSA) is 77.2 Å². The summed E-state index contributed by atoms with van der Waals surface area (Å²) in [5.74, 6) is -0.143. The largest absolute Gasteiger partial charge is 0.376 e. The quantitative estimate of drug-likeness (QED) is 0.877. The first-order chi connectivity index (χ1) is 8.29. The molecule has 1 aromatic rings. The number of hydrogen-bond donors (Lipinski definition) is 2. The molecule has 1 aromatic heterocycles. The minimum atomic E-state index is -0.143. The first kappa shape index (κ1) is 15.4. The van der Waals surface area contributed by atoms with Gasteiger partial charge in [0.15, 0.2) is 0 Å². The monoisotopic (exact) mass is 291 g/mol. The van der Waals surface area contributed by atoms with Crippen LogP contribution in [-0.4, -0.2) is 30.1 Å². The molecule has 102 valence electrons. The summed E-state index contributed by atoms with van der Waals surface area (Å²) < 4.78 is 5.54. The van der Waals surface area contributed by atoms with Gasteiger partial charge in [0.05, 0.1) is 6.10 Å². The maximum Gasteiger partial charge on any atom is 0.270 e. The second-order valence-corrected chi connectivity index (χ2v) is 4.97. The van der Waals surface area contributed by atoms with Crippen LogP contribution in [0, 0.1) is 0 Å². The van der Waals surface area contributed by atoms with Gasteiger partial charge in [-0.05, 0) is 19.3 Å². The third-order valence-electron chi connectivity index (χ3n) is 2.72. The average molecular weight is 292 g/mol. The lowest BCUT2D eigenvalue weighted by Gasteiger charge is -2.22. The zero-order valence-electron chi connectivity index (χ0n) is 10.1. The number of nitrogens with zero attached hydrogens (tertiary/aromatic N) is 1. The first-order valence-corrected chi connectivity index (χ1v) is 6.72. The second-order valence-electron chi connectivity index (χ2n) is 4.03. The molecule has 0 radical (unpaired) electrons. The van der Waals surface area contributed by atoms with Crippen LogP contribution < -0.4 is 11.1 Å². The first-order valence-electron chi connectivity index (χ1n) is 5.84. The Bertz CT molecular complexity index is 380. The van der Waals surface area contributed by atoms with E-state index in [4.69, 9.17) is 10.5 Å². The summed E-state index contributed by atoms with van der Waals surface area (Å²) in [7, 11) is 0. The van der Waals surface area contributed by atoms with Gasteiger partial charge in [-0.1, -0.05) is 0 Å². The van der Waals surface area contributed by atoms with Crippen molar-refractivity contribution in [2.75, 3.05) is 13.2 Å². The maximum absolute atomic E-state index is 11.8. The second kappa shape index (κ2) is 7.68. The third kappa shape index (κ3) is 4.20. The maximum atomic E-state index is 11.8. The van der Waals surface area contributed by atoms with Crippen molar-refractivity contribution in [2.24, 2.45) is 5.73 Å². The molecular weight excluding hydrogens is 274 g/mol. The molecule has 1 amide bonds. The molecule has 1 unspecified atom stereocenters. The molecule has 0 aliphatic carbocycles. The van der Waals surface area contributed by atoms with Crippen LogP contribution in [0.25, 0.3) is 0 Å². The van der Waals surface area contributed by atoms with Crippen molar-refractivity contribution in [3.63, 3.8) is 0 Å². The van der Waals surface area contributed by atoms with Crippen molar-refractivity contribution in [3.8, 4) is 0 Å². The highest BCUT2D eigenvalue weighted by atomic mass is 35.5. The molecule has 5 nitrogen and oxygen atoms in total. The smallest absolute Gasteiger partial charge is 0.270 e. The van der Waals surface area contributed by atoms with E-state index in [1.54, 1.807) is 5.38 Å². The highest BCUT2D eigenvalue weighted by Crippen LogP contribution is 2.12. The van der Waals surface area contributed by atoms with Gasteiger partial charge in [-0.15, -0.1) is 23.7 Å². The van der Waals surface area contributed by atoms with Gasteiger partial charge in [0.2, 0.25) is 0 Å². The van der Waals surface area contributed by atoms with E-state index in [9.17, 15) is 4.79 Å². The Morgan fingerprint density at radius 3 is 3.06 bits per heavy atom. The van der Waals surface area contributed by atoms with E-state index in [0.717, 1.165) is 24.5 Å². The van der Waals surface area contributed by atoms with Gasteiger partial charge in [0.25, 0.3) is 5.91 Å². The standard InChI is InChI=1S/C11H17N3O2S.ClH/c12-5-10-14-9(7-17-10)11(15)13-6-8-3-1-2-4-16-8;/h7-8H,1-6,12H2,(H,13,15);1H. The highest BCUT2D eigenvalue weighted by molar-refractivity contribution is 7.09. The van der Waals surface area contributed by atoms with Crippen LogP contribution >= 0.6 is 23.7 Å². The van der Waals surface area contributed by atoms with E-state index in [0.29, 0.717) is 18.8 Å². The Kier molecular flexibility index (Phi) is 6.56. The van der Waals surface area contributed by atoms with Crippen LogP contribution in [0.3, 0.4) is 0 Å². The molecular formula is C11H18ClN3O2S. The van der Waals surface area contributed by atoms with Crippen molar-refractivity contribution in [1.29, 1.82) is 0 Å². The Hall–Kier alpha value is -0.690. The fourth-order valence-corrected chi connectivity index (χ4v) is 2.43. The number of carbonyl (C=O) groups excluding carboxylic acids is 1. The Labute approximate surface area is 117 Å². The molecule has 0 bridgehead atoms. The van der Waals surface area contributed by atoms with Gasteiger partial charge in [0.1, 0.15) is 10.7 Å². The fraction of sp³-hybridized carbons (Fsp3) is 0.636. The molecule has 2 heterocycles. The normalized spacial score (nSPS) is 19.1. The van der Waals surface area contributed by atoms with Crippen molar-refractivity contribution in [1.82, 2.24) is 10.3 Å². The molecule has 1 atom stereocenters. The van der Waals surface area contributed by atoms with Crippen LogP contribution in [0.15, 0.2) is 5.38 Å². The van der Waals surface area contributed by atoms with Crippen molar-refractivity contribution in [2.45, 2.75) is 31.9 Å². The molecule has 1 saturated heterocycles. The summed E-state index contributed by atoms with van der Waals surface area (Å²) in [5.41, 5.74) is 5.90. The number of nitrogens with one attached hydrogen (secondary N) is 1. The van der Waals surface area contributed by atoms with Gasteiger partial charge >= 0.3 is 0 Å². The Balaban J connectivity index is 0.00000162. The van der Waals surface area contributed by atoms with Crippen molar-refractivity contribution >= 4 is 29.7 Å². The van der Waals surface area contributed by atoms with Crippen LogP contribution in [0.2, 0.25) is 0 Å². The van der Waals surface area contributed by atoms with E-state index < -0.39 is 0 Å². The molecule has 1 aliphatic rings. The predicted molar refractivity (Wildman–Crippen MR) is 73.2 cm³/mol. The minimum absolute atomic E-state index is 0. The lowest BCUT2D eigenvalue weighted by Crippen LogP contribution is -2.35. The lowest BCUT2D eigenvalue weighted by atomic mass is 10.1. The molecule has 18 heavy (non-hydrogen) atoms. The number of amides is 1. The predicted octanol–water partition coefficient (Wildman–Crippen LogP) is 1.32. The van der Waals surface area contributed by atoms with Crippen LogP contribution in [-0.2, 0) is 11.3 Å². The summed E-state index contributed by atoms with van der Waals surface area (Å²) in [6.45, 7) is 1.74. The molecule has 0 spiro atoms. The van der Waals surface area contributed by atoms with Gasteiger partial charge in [0, 0.05) is 25.1 Å². The van der Waals surface area contributed by atoms with Gasteiger partial charge in [-0.3, -0.25) is 4.79 Å². The van der Waals surface area contributed by atoms with Crippen LogP contribution in [0.1, 0.15) is 34.8 Å². The number of halogens is 1.